The minimum absolute atomic E-state index is 0.202. The molecule has 0 aliphatic carbocycles. The lowest BCUT2D eigenvalue weighted by molar-refractivity contribution is -0.141. The van der Waals surface area contributed by atoms with Crippen molar-refractivity contribution in [1.82, 2.24) is 15.2 Å². The van der Waals surface area contributed by atoms with Gasteiger partial charge in [-0.1, -0.05) is 49.7 Å². The molecule has 0 bridgehead atoms. The first-order valence-electron chi connectivity index (χ1n) is 11.7. The molecule has 1 aromatic heterocycles. The van der Waals surface area contributed by atoms with Gasteiger partial charge in [-0.05, 0) is 60.7 Å². The molecule has 0 aliphatic rings. The van der Waals surface area contributed by atoms with Crippen molar-refractivity contribution in [3.05, 3.63) is 88.7 Å². The summed E-state index contributed by atoms with van der Waals surface area (Å²) in [6.45, 7) is 8.23. The molecule has 5 nitrogen and oxygen atoms in total. The number of carbonyl (C=O) groups is 2. The van der Waals surface area contributed by atoms with Crippen LogP contribution in [0.1, 0.15) is 64.3 Å². The van der Waals surface area contributed by atoms with Crippen molar-refractivity contribution in [1.29, 1.82) is 0 Å². The molecular weight excluding hydrogens is 467 g/mol. The first-order chi connectivity index (χ1) is 16.8. The van der Waals surface area contributed by atoms with E-state index >= 15 is 0 Å². The van der Waals surface area contributed by atoms with Gasteiger partial charge in [0.15, 0.2) is 0 Å². The smallest absolute Gasteiger partial charge is 0.345 e. The molecule has 8 heteroatoms. The number of aryl methyl sites for hydroxylation is 1. The standard InChI is InChI=1S/C28H30F3N3O2/c1-17(2)16-34(5)27(36)24-13-22(20-8-6-18(3)7-9-20)12-23(14-24)26(35)33-19(4)21-10-11-25(32-15-21)28(29,30)31/h6-15,17,19H,16H2,1-5H3,(H,33,35). The third-order valence-corrected chi connectivity index (χ3v) is 5.74. The van der Waals surface area contributed by atoms with E-state index in [-0.39, 0.29) is 17.4 Å². The third kappa shape index (κ3) is 6.71. The van der Waals surface area contributed by atoms with Crippen LogP contribution in [0.25, 0.3) is 11.1 Å². The van der Waals surface area contributed by atoms with E-state index in [2.05, 4.69) is 10.3 Å². The summed E-state index contributed by atoms with van der Waals surface area (Å²) in [5, 5.41) is 2.80. The summed E-state index contributed by atoms with van der Waals surface area (Å²) in [5.41, 5.74) is 2.75. The number of pyridine rings is 1. The number of amides is 2. The fraction of sp³-hybridized carbons (Fsp3) is 0.321. The fourth-order valence-electron chi connectivity index (χ4n) is 3.84. The van der Waals surface area contributed by atoms with Gasteiger partial charge in [0.25, 0.3) is 11.8 Å². The zero-order chi connectivity index (χ0) is 26.6. The molecule has 0 spiro atoms. The zero-order valence-corrected chi connectivity index (χ0v) is 21.0. The molecule has 0 aliphatic heterocycles. The van der Waals surface area contributed by atoms with Crippen molar-refractivity contribution >= 4 is 11.8 Å². The van der Waals surface area contributed by atoms with E-state index in [0.717, 1.165) is 23.4 Å². The molecule has 0 radical (unpaired) electrons. The van der Waals surface area contributed by atoms with Crippen LogP contribution in [0, 0.1) is 12.8 Å². The molecule has 36 heavy (non-hydrogen) atoms. The zero-order valence-electron chi connectivity index (χ0n) is 21.0. The van der Waals surface area contributed by atoms with Crippen LogP contribution in [0.2, 0.25) is 0 Å². The van der Waals surface area contributed by atoms with Gasteiger partial charge in [0.1, 0.15) is 5.69 Å². The molecule has 0 fully saturated rings. The van der Waals surface area contributed by atoms with Crippen LogP contribution in [0.5, 0.6) is 0 Å². The second-order valence-corrected chi connectivity index (χ2v) is 9.41. The second kappa shape index (κ2) is 10.9. The van der Waals surface area contributed by atoms with E-state index in [1.165, 1.54) is 6.07 Å². The highest BCUT2D eigenvalue weighted by Crippen LogP contribution is 2.28. The molecule has 1 atom stereocenters. The Labute approximate surface area is 209 Å². The molecule has 0 saturated heterocycles. The van der Waals surface area contributed by atoms with Crippen molar-refractivity contribution in [2.45, 2.75) is 39.9 Å². The maximum absolute atomic E-state index is 13.2. The largest absolute Gasteiger partial charge is 0.433 e. The highest BCUT2D eigenvalue weighted by molar-refractivity contribution is 6.01. The summed E-state index contributed by atoms with van der Waals surface area (Å²) >= 11 is 0. The molecule has 0 saturated carbocycles. The topological polar surface area (TPSA) is 62.3 Å². The minimum atomic E-state index is -4.53. The highest BCUT2D eigenvalue weighted by atomic mass is 19.4. The average Bonchev–Trinajstić information content (AvgIpc) is 2.82. The van der Waals surface area contributed by atoms with Gasteiger partial charge in [-0.15, -0.1) is 0 Å². The van der Waals surface area contributed by atoms with Gasteiger partial charge in [0, 0.05) is 30.9 Å². The summed E-state index contributed by atoms with van der Waals surface area (Å²) in [6, 6.07) is 14.4. The Hall–Kier alpha value is -3.68. The van der Waals surface area contributed by atoms with E-state index in [0.29, 0.717) is 23.2 Å². The molecule has 1 heterocycles. The third-order valence-electron chi connectivity index (χ3n) is 5.74. The quantitative estimate of drug-likeness (QED) is 0.417. The molecule has 1 unspecified atom stereocenters. The summed E-state index contributed by atoms with van der Waals surface area (Å²) in [4.78, 5) is 31.4. The van der Waals surface area contributed by atoms with Crippen molar-refractivity contribution in [3.8, 4) is 11.1 Å². The molecule has 190 valence electrons. The molecular formula is C28H30F3N3O2. The van der Waals surface area contributed by atoms with Gasteiger partial charge in [-0.3, -0.25) is 14.6 Å². The Balaban J connectivity index is 1.92. The van der Waals surface area contributed by atoms with Crippen LogP contribution in [-0.2, 0) is 6.18 Å². The molecule has 3 aromatic rings. The SMILES string of the molecule is Cc1ccc(-c2cc(C(=O)NC(C)c3ccc(C(F)(F)F)nc3)cc(C(=O)N(C)CC(C)C)c2)cc1. The van der Waals surface area contributed by atoms with Gasteiger partial charge in [0.2, 0.25) is 0 Å². The predicted octanol–water partition coefficient (Wildman–Crippen LogP) is 6.29. The van der Waals surface area contributed by atoms with E-state index in [9.17, 15) is 22.8 Å². The number of rotatable bonds is 7. The van der Waals surface area contributed by atoms with E-state index in [1.54, 1.807) is 37.1 Å². The molecule has 3 rings (SSSR count). The Morgan fingerprint density at radius 2 is 1.58 bits per heavy atom. The summed E-state index contributed by atoms with van der Waals surface area (Å²) in [6.07, 6.45) is -3.43. The second-order valence-electron chi connectivity index (χ2n) is 9.41. The van der Waals surface area contributed by atoms with Gasteiger partial charge in [-0.2, -0.15) is 13.2 Å². The van der Waals surface area contributed by atoms with Gasteiger partial charge in [-0.25, -0.2) is 0 Å². The fourth-order valence-corrected chi connectivity index (χ4v) is 3.84. The van der Waals surface area contributed by atoms with Gasteiger partial charge in [0.05, 0.1) is 6.04 Å². The van der Waals surface area contributed by atoms with Crippen LogP contribution < -0.4 is 5.32 Å². The molecule has 1 N–H and O–H groups in total. The first-order valence-corrected chi connectivity index (χ1v) is 11.7. The maximum Gasteiger partial charge on any atom is 0.433 e. The normalized spacial score (nSPS) is 12.4. The number of nitrogens with one attached hydrogen (secondary N) is 1. The number of halogens is 3. The van der Waals surface area contributed by atoms with Crippen LogP contribution in [0.3, 0.4) is 0 Å². The number of carbonyl (C=O) groups excluding carboxylic acids is 2. The van der Waals surface area contributed by atoms with Crippen LogP contribution >= 0.6 is 0 Å². The number of nitrogens with zero attached hydrogens (tertiary/aromatic N) is 2. The lowest BCUT2D eigenvalue weighted by atomic mass is 9.97. The first kappa shape index (κ1) is 26.9. The van der Waals surface area contributed by atoms with E-state index < -0.39 is 23.8 Å². The predicted molar refractivity (Wildman–Crippen MR) is 134 cm³/mol. The summed E-state index contributed by atoms with van der Waals surface area (Å²) < 4.78 is 38.5. The van der Waals surface area contributed by atoms with Crippen LogP contribution in [0.15, 0.2) is 60.8 Å². The Morgan fingerprint density at radius 3 is 2.14 bits per heavy atom. The lowest BCUT2D eigenvalue weighted by Crippen LogP contribution is -2.31. The number of alkyl halides is 3. The van der Waals surface area contributed by atoms with Gasteiger partial charge >= 0.3 is 6.18 Å². The summed E-state index contributed by atoms with van der Waals surface area (Å²) in [5.74, 6) is -0.371. The number of aromatic nitrogens is 1. The Morgan fingerprint density at radius 1 is 0.944 bits per heavy atom. The molecule has 2 amide bonds. The minimum Gasteiger partial charge on any atom is -0.345 e. The number of benzene rings is 2. The monoisotopic (exact) mass is 497 g/mol. The van der Waals surface area contributed by atoms with Crippen molar-refractivity contribution < 1.29 is 22.8 Å². The number of hydrogen-bond acceptors (Lipinski definition) is 3. The Kier molecular flexibility index (Phi) is 8.17. The van der Waals surface area contributed by atoms with Crippen molar-refractivity contribution in [2.75, 3.05) is 13.6 Å². The van der Waals surface area contributed by atoms with Crippen LogP contribution in [-0.4, -0.2) is 35.3 Å². The Bertz CT molecular complexity index is 1220. The van der Waals surface area contributed by atoms with Gasteiger partial charge < -0.3 is 10.2 Å². The average molecular weight is 498 g/mol. The lowest BCUT2D eigenvalue weighted by Gasteiger charge is -2.21. The van der Waals surface area contributed by atoms with Crippen molar-refractivity contribution in [3.63, 3.8) is 0 Å². The van der Waals surface area contributed by atoms with Crippen molar-refractivity contribution in [2.24, 2.45) is 5.92 Å². The summed E-state index contributed by atoms with van der Waals surface area (Å²) in [7, 11) is 1.72. The van der Waals surface area contributed by atoms with Crippen LogP contribution in [0.4, 0.5) is 13.2 Å². The highest BCUT2D eigenvalue weighted by Gasteiger charge is 2.32. The maximum atomic E-state index is 13.2. The molecule has 2 aromatic carbocycles. The van der Waals surface area contributed by atoms with E-state index in [1.807, 2.05) is 45.0 Å². The number of hydrogen-bond donors (Lipinski definition) is 1. The van der Waals surface area contributed by atoms with E-state index in [4.69, 9.17) is 0 Å².